The highest BCUT2D eigenvalue weighted by Gasteiger charge is 2.14. The smallest absolute Gasteiger partial charge is 0.191 e. The van der Waals surface area contributed by atoms with Crippen molar-refractivity contribution < 1.29 is 4.74 Å². The van der Waals surface area contributed by atoms with E-state index in [2.05, 4.69) is 77.3 Å². The van der Waals surface area contributed by atoms with E-state index in [4.69, 9.17) is 9.72 Å². The number of ether oxygens (including phenoxy) is 1. The van der Waals surface area contributed by atoms with E-state index >= 15 is 0 Å². The fourth-order valence-electron chi connectivity index (χ4n) is 3.27. The molecule has 2 aromatic carbocycles. The maximum Gasteiger partial charge on any atom is 0.191 e. The zero-order valence-corrected chi connectivity index (χ0v) is 20.4. The highest BCUT2D eigenvalue weighted by molar-refractivity contribution is 7.98. The van der Waals surface area contributed by atoms with Crippen molar-refractivity contribution in [3.8, 4) is 27.7 Å². The standard InChI is InChI=1S/C25H28N4OS2/c1-4-6-15-30-22-13-11-19(12-14-22)23-27-28-25(29(23)5-2)32-17-21-16-31-24(26-21)20-9-7-18(3)8-10-20/h7-14,16H,4-6,15,17H2,1-3H3. The Morgan fingerprint density at radius 3 is 2.44 bits per heavy atom. The molecule has 5 nitrogen and oxygen atoms in total. The fraction of sp³-hybridized carbons (Fsp3) is 0.320. The Morgan fingerprint density at radius 1 is 0.969 bits per heavy atom. The van der Waals surface area contributed by atoms with Crippen LogP contribution in [0.1, 0.15) is 37.9 Å². The van der Waals surface area contributed by atoms with Crippen molar-refractivity contribution in [1.82, 2.24) is 19.7 Å². The molecular weight excluding hydrogens is 436 g/mol. The molecule has 0 aliphatic heterocycles. The molecule has 32 heavy (non-hydrogen) atoms. The minimum Gasteiger partial charge on any atom is -0.494 e. The first-order valence-corrected chi connectivity index (χ1v) is 12.8. The molecule has 2 heterocycles. The average molecular weight is 465 g/mol. The molecule has 0 spiro atoms. The van der Waals surface area contributed by atoms with Gasteiger partial charge in [0.15, 0.2) is 11.0 Å². The third-order valence-corrected chi connectivity index (χ3v) is 7.05. The van der Waals surface area contributed by atoms with E-state index in [1.54, 1.807) is 23.1 Å². The highest BCUT2D eigenvalue weighted by atomic mass is 32.2. The summed E-state index contributed by atoms with van der Waals surface area (Å²) in [5.74, 6) is 2.55. The number of aryl methyl sites for hydroxylation is 1. The molecule has 0 aliphatic rings. The summed E-state index contributed by atoms with van der Waals surface area (Å²) >= 11 is 3.36. The van der Waals surface area contributed by atoms with Crippen LogP contribution >= 0.6 is 23.1 Å². The van der Waals surface area contributed by atoms with Crippen LogP contribution in [0.2, 0.25) is 0 Å². The molecule has 166 valence electrons. The number of hydrogen-bond donors (Lipinski definition) is 0. The van der Waals surface area contributed by atoms with Gasteiger partial charge in [-0.15, -0.1) is 21.5 Å². The molecule has 0 aliphatic carbocycles. The predicted octanol–water partition coefficient (Wildman–Crippen LogP) is 6.87. The van der Waals surface area contributed by atoms with Crippen molar-refractivity contribution in [3.63, 3.8) is 0 Å². The lowest BCUT2D eigenvalue weighted by molar-refractivity contribution is 0.309. The van der Waals surface area contributed by atoms with E-state index < -0.39 is 0 Å². The third-order valence-electron chi connectivity index (χ3n) is 5.11. The molecule has 0 atom stereocenters. The number of hydrogen-bond acceptors (Lipinski definition) is 6. The van der Waals surface area contributed by atoms with E-state index in [-0.39, 0.29) is 0 Å². The van der Waals surface area contributed by atoms with E-state index in [9.17, 15) is 0 Å². The first kappa shape index (κ1) is 22.6. The van der Waals surface area contributed by atoms with Gasteiger partial charge in [0, 0.05) is 28.8 Å². The normalized spacial score (nSPS) is 11.1. The summed E-state index contributed by atoms with van der Waals surface area (Å²) in [5.41, 5.74) is 4.54. The molecule has 0 fully saturated rings. The van der Waals surface area contributed by atoms with Gasteiger partial charge in [-0.05, 0) is 44.5 Å². The Balaban J connectivity index is 1.43. The zero-order chi connectivity index (χ0) is 22.3. The first-order valence-electron chi connectivity index (χ1n) is 11.0. The third kappa shape index (κ3) is 5.40. The van der Waals surface area contributed by atoms with Crippen LogP contribution in [-0.2, 0) is 12.3 Å². The van der Waals surface area contributed by atoms with Gasteiger partial charge in [0.25, 0.3) is 0 Å². The van der Waals surface area contributed by atoms with Crippen LogP contribution < -0.4 is 4.74 Å². The number of thiazole rings is 1. The lowest BCUT2D eigenvalue weighted by Crippen LogP contribution is -2.00. The van der Waals surface area contributed by atoms with Crippen molar-refractivity contribution in [3.05, 3.63) is 65.2 Å². The monoisotopic (exact) mass is 464 g/mol. The molecule has 0 unspecified atom stereocenters. The van der Waals surface area contributed by atoms with Crippen molar-refractivity contribution >= 4 is 23.1 Å². The van der Waals surface area contributed by atoms with E-state index in [1.807, 2.05) is 12.1 Å². The second-order valence-electron chi connectivity index (χ2n) is 7.58. The van der Waals surface area contributed by atoms with Gasteiger partial charge in [-0.1, -0.05) is 54.9 Å². The number of benzene rings is 2. The molecule has 0 amide bonds. The highest BCUT2D eigenvalue weighted by Crippen LogP contribution is 2.30. The van der Waals surface area contributed by atoms with Crippen molar-refractivity contribution in [2.75, 3.05) is 6.61 Å². The Morgan fingerprint density at radius 2 is 1.72 bits per heavy atom. The van der Waals surface area contributed by atoms with Gasteiger partial charge in [-0.25, -0.2) is 4.98 Å². The van der Waals surface area contributed by atoms with Gasteiger partial charge in [0.1, 0.15) is 10.8 Å². The summed E-state index contributed by atoms with van der Waals surface area (Å²) < 4.78 is 7.93. The van der Waals surface area contributed by atoms with Gasteiger partial charge >= 0.3 is 0 Å². The summed E-state index contributed by atoms with van der Waals surface area (Å²) in [5, 5.41) is 13.0. The Kier molecular flexibility index (Phi) is 7.60. The fourth-order valence-corrected chi connectivity index (χ4v) is 5.10. The van der Waals surface area contributed by atoms with Gasteiger partial charge in [-0.3, -0.25) is 0 Å². The largest absolute Gasteiger partial charge is 0.494 e. The summed E-state index contributed by atoms with van der Waals surface area (Å²) in [7, 11) is 0. The van der Waals surface area contributed by atoms with Gasteiger partial charge in [0.05, 0.1) is 12.3 Å². The quantitative estimate of drug-likeness (QED) is 0.189. The first-order chi connectivity index (χ1) is 15.7. The Bertz CT molecular complexity index is 1130. The van der Waals surface area contributed by atoms with Crippen LogP contribution in [0.4, 0.5) is 0 Å². The maximum atomic E-state index is 5.77. The number of rotatable bonds is 10. The Hall–Kier alpha value is -2.64. The number of unbranched alkanes of at least 4 members (excludes halogenated alkanes) is 1. The topological polar surface area (TPSA) is 52.8 Å². The minimum atomic E-state index is 0.754. The second-order valence-corrected chi connectivity index (χ2v) is 9.38. The number of thioether (sulfide) groups is 1. The SMILES string of the molecule is CCCCOc1ccc(-c2nnc(SCc3csc(-c4ccc(C)cc4)n3)n2CC)cc1. The second kappa shape index (κ2) is 10.8. The van der Waals surface area contributed by atoms with Crippen LogP contribution in [0.5, 0.6) is 5.75 Å². The van der Waals surface area contributed by atoms with Crippen molar-refractivity contribution in [1.29, 1.82) is 0 Å². The predicted molar refractivity (Wildman–Crippen MR) is 133 cm³/mol. The lowest BCUT2D eigenvalue weighted by Gasteiger charge is -2.08. The lowest BCUT2D eigenvalue weighted by atomic mass is 10.2. The molecule has 0 saturated carbocycles. The van der Waals surface area contributed by atoms with Crippen LogP contribution in [0.3, 0.4) is 0 Å². The van der Waals surface area contributed by atoms with E-state index in [0.717, 1.165) is 70.3 Å². The minimum absolute atomic E-state index is 0.754. The van der Waals surface area contributed by atoms with Gasteiger partial charge < -0.3 is 9.30 Å². The molecule has 7 heteroatoms. The molecule has 0 saturated heterocycles. The summed E-state index contributed by atoms with van der Waals surface area (Å²) in [6.45, 7) is 7.95. The van der Waals surface area contributed by atoms with Crippen LogP contribution in [0.15, 0.2) is 59.1 Å². The summed E-state index contributed by atoms with van der Waals surface area (Å²) in [6.07, 6.45) is 2.20. The zero-order valence-electron chi connectivity index (χ0n) is 18.7. The number of aromatic nitrogens is 4. The molecule has 2 aromatic heterocycles. The van der Waals surface area contributed by atoms with Crippen LogP contribution in [0, 0.1) is 6.92 Å². The van der Waals surface area contributed by atoms with Crippen LogP contribution in [-0.4, -0.2) is 26.4 Å². The molecule has 0 bridgehead atoms. The molecule has 0 radical (unpaired) electrons. The molecular formula is C25H28N4OS2. The average Bonchev–Trinajstić information content (AvgIpc) is 3.46. The van der Waals surface area contributed by atoms with Crippen LogP contribution in [0.25, 0.3) is 22.0 Å². The van der Waals surface area contributed by atoms with Gasteiger partial charge in [0.2, 0.25) is 0 Å². The summed E-state index contributed by atoms with van der Waals surface area (Å²) in [4.78, 5) is 4.81. The summed E-state index contributed by atoms with van der Waals surface area (Å²) in [6, 6.07) is 16.6. The molecule has 4 aromatic rings. The number of nitrogens with zero attached hydrogens (tertiary/aromatic N) is 4. The maximum absolute atomic E-state index is 5.77. The molecule has 0 N–H and O–H groups in total. The van der Waals surface area contributed by atoms with E-state index in [1.165, 1.54) is 5.56 Å². The Labute approximate surface area is 197 Å². The van der Waals surface area contributed by atoms with Crippen molar-refractivity contribution in [2.24, 2.45) is 0 Å². The van der Waals surface area contributed by atoms with Gasteiger partial charge in [-0.2, -0.15) is 0 Å². The molecule has 4 rings (SSSR count). The van der Waals surface area contributed by atoms with E-state index in [0.29, 0.717) is 0 Å². The van der Waals surface area contributed by atoms with Crippen molar-refractivity contribution in [2.45, 2.75) is 51.1 Å².